The first-order valence-electron chi connectivity index (χ1n) is 9.61. The largest absolute Gasteiger partial charge is 0.346 e. The number of benzene rings is 1. The topological polar surface area (TPSA) is 113 Å². The highest BCUT2D eigenvalue weighted by Gasteiger charge is 2.43. The number of anilines is 2. The van der Waals surface area contributed by atoms with E-state index in [1.807, 2.05) is 30.3 Å². The Morgan fingerprint density at radius 2 is 2.03 bits per heavy atom. The summed E-state index contributed by atoms with van der Waals surface area (Å²) >= 11 is 1.48. The predicted octanol–water partition coefficient (Wildman–Crippen LogP) is 2.56. The molecule has 0 bridgehead atoms. The van der Waals surface area contributed by atoms with Gasteiger partial charge in [0, 0.05) is 12.7 Å². The van der Waals surface area contributed by atoms with E-state index in [2.05, 4.69) is 20.3 Å². The summed E-state index contributed by atoms with van der Waals surface area (Å²) in [6, 6.07) is 9.76. The normalized spacial score (nSPS) is 16.3. The Labute approximate surface area is 171 Å². The van der Waals surface area contributed by atoms with Crippen molar-refractivity contribution < 1.29 is 4.79 Å². The number of rotatable bonds is 4. The highest BCUT2D eigenvalue weighted by Crippen LogP contribution is 2.40. The molecule has 8 nitrogen and oxygen atoms in total. The molecule has 0 spiro atoms. The molecular formula is C20H21N7OS. The summed E-state index contributed by atoms with van der Waals surface area (Å²) < 4.78 is 1.02. The molecule has 4 heterocycles. The number of carbonyl (C=O) groups is 1. The molecule has 0 atom stereocenters. The zero-order chi connectivity index (χ0) is 19.8. The van der Waals surface area contributed by atoms with Crippen LogP contribution in [0.2, 0.25) is 0 Å². The number of aromatic amines is 1. The second-order valence-electron chi connectivity index (χ2n) is 7.28. The van der Waals surface area contributed by atoms with Crippen LogP contribution in [0, 0.1) is 5.41 Å². The summed E-state index contributed by atoms with van der Waals surface area (Å²) in [4.78, 5) is 32.3. The second-order valence-corrected chi connectivity index (χ2v) is 8.29. The predicted molar refractivity (Wildman–Crippen MR) is 114 cm³/mol. The monoisotopic (exact) mass is 407 g/mol. The van der Waals surface area contributed by atoms with Crippen molar-refractivity contribution in [3.8, 4) is 0 Å². The van der Waals surface area contributed by atoms with Crippen LogP contribution in [0.5, 0.6) is 0 Å². The summed E-state index contributed by atoms with van der Waals surface area (Å²) in [5, 5.41) is 4.70. The van der Waals surface area contributed by atoms with Gasteiger partial charge >= 0.3 is 0 Å². The number of carbonyl (C=O) groups excluding carboxylic acids is 1. The van der Waals surface area contributed by atoms with Gasteiger partial charge in [-0.25, -0.2) is 19.9 Å². The first kappa shape index (κ1) is 18.2. The van der Waals surface area contributed by atoms with Crippen molar-refractivity contribution in [1.29, 1.82) is 0 Å². The third-order valence-electron chi connectivity index (χ3n) is 5.63. The minimum Gasteiger partial charge on any atom is -0.346 e. The molecule has 1 fully saturated rings. The SMILES string of the molecule is NCC1(C(=O)N(c2nc3ccccc3s2)c2ncnc3[nH]ccc23)CCNCC1. The number of H-pyrrole nitrogens is 1. The zero-order valence-corrected chi connectivity index (χ0v) is 16.6. The maximum absolute atomic E-state index is 14.0. The van der Waals surface area contributed by atoms with E-state index >= 15 is 0 Å². The van der Waals surface area contributed by atoms with Crippen LogP contribution in [0.1, 0.15) is 12.8 Å². The maximum atomic E-state index is 14.0. The molecule has 0 radical (unpaired) electrons. The molecule has 1 saturated heterocycles. The molecule has 5 rings (SSSR count). The van der Waals surface area contributed by atoms with Crippen molar-refractivity contribution in [3.63, 3.8) is 0 Å². The van der Waals surface area contributed by atoms with Gasteiger partial charge in [0.1, 0.15) is 12.0 Å². The number of amides is 1. The standard InChI is InChI=1S/C20H21N7OS/c21-11-20(6-9-22-10-7-20)18(28)27(17-13-5-8-23-16(13)24-12-25-17)19-26-14-3-1-2-4-15(14)29-19/h1-5,8,12,22H,6-7,9-11,21H2,(H,23,24,25). The minimum atomic E-state index is -0.642. The lowest BCUT2D eigenvalue weighted by Crippen LogP contribution is -2.52. The van der Waals surface area contributed by atoms with Gasteiger partial charge in [-0.1, -0.05) is 23.5 Å². The number of hydrogen-bond acceptors (Lipinski definition) is 7. The number of thiazole rings is 1. The van der Waals surface area contributed by atoms with E-state index in [1.165, 1.54) is 17.7 Å². The van der Waals surface area contributed by atoms with Crippen LogP contribution >= 0.6 is 11.3 Å². The fourth-order valence-corrected chi connectivity index (χ4v) is 4.88. The molecule has 0 saturated carbocycles. The highest BCUT2D eigenvalue weighted by atomic mass is 32.1. The van der Waals surface area contributed by atoms with E-state index < -0.39 is 5.41 Å². The summed E-state index contributed by atoms with van der Waals surface area (Å²) in [5.74, 6) is 0.480. The first-order valence-corrected chi connectivity index (χ1v) is 10.4. The average Bonchev–Trinajstić information content (AvgIpc) is 3.41. The number of nitrogens with zero attached hydrogens (tertiary/aromatic N) is 4. The molecule has 1 aliphatic heterocycles. The van der Waals surface area contributed by atoms with Crippen molar-refractivity contribution in [1.82, 2.24) is 25.3 Å². The molecule has 148 valence electrons. The molecule has 1 amide bonds. The summed E-state index contributed by atoms with van der Waals surface area (Å²) in [6.45, 7) is 1.82. The molecule has 1 aliphatic rings. The number of piperidine rings is 1. The maximum Gasteiger partial charge on any atom is 0.242 e. The van der Waals surface area contributed by atoms with Gasteiger partial charge in [-0.3, -0.25) is 4.79 Å². The zero-order valence-electron chi connectivity index (χ0n) is 15.8. The van der Waals surface area contributed by atoms with Gasteiger partial charge in [-0.15, -0.1) is 0 Å². The summed E-state index contributed by atoms with van der Waals surface area (Å²) in [6.07, 6.45) is 4.64. The van der Waals surface area contributed by atoms with Crippen LogP contribution in [-0.4, -0.2) is 45.5 Å². The van der Waals surface area contributed by atoms with Gasteiger partial charge in [-0.2, -0.15) is 0 Å². The van der Waals surface area contributed by atoms with Gasteiger partial charge in [-0.05, 0) is 44.1 Å². The molecule has 3 aromatic heterocycles. The van der Waals surface area contributed by atoms with Crippen LogP contribution in [0.25, 0.3) is 21.3 Å². The van der Waals surface area contributed by atoms with Gasteiger partial charge in [0.25, 0.3) is 0 Å². The lowest BCUT2D eigenvalue weighted by atomic mass is 9.77. The quantitative estimate of drug-likeness (QED) is 0.479. The van der Waals surface area contributed by atoms with E-state index in [0.29, 0.717) is 29.4 Å². The Hall–Kier alpha value is -2.88. The number of nitrogens with two attached hydrogens (primary N) is 1. The van der Waals surface area contributed by atoms with Crippen molar-refractivity contribution in [2.45, 2.75) is 12.8 Å². The summed E-state index contributed by atoms with van der Waals surface area (Å²) in [5.41, 5.74) is 7.07. The highest BCUT2D eigenvalue weighted by molar-refractivity contribution is 7.22. The fourth-order valence-electron chi connectivity index (χ4n) is 3.91. The van der Waals surface area contributed by atoms with Gasteiger partial charge in [0.15, 0.2) is 10.9 Å². The lowest BCUT2D eigenvalue weighted by molar-refractivity contribution is -0.128. The van der Waals surface area contributed by atoms with Crippen LogP contribution < -0.4 is 16.0 Å². The van der Waals surface area contributed by atoms with Crippen LogP contribution in [0.3, 0.4) is 0 Å². The molecule has 0 aliphatic carbocycles. The Morgan fingerprint density at radius 3 is 2.83 bits per heavy atom. The number of aromatic nitrogens is 4. The van der Waals surface area contributed by atoms with E-state index in [1.54, 1.807) is 11.1 Å². The number of nitrogens with one attached hydrogen (secondary N) is 2. The molecular weight excluding hydrogens is 386 g/mol. The van der Waals surface area contributed by atoms with Crippen LogP contribution in [0.4, 0.5) is 10.9 Å². The molecule has 0 unspecified atom stereocenters. The van der Waals surface area contributed by atoms with Crippen LogP contribution in [0.15, 0.2) is 42.9 Å². The third kappa shape index (κ3) is 2.98. The van der Waals surface area contributed by atoms with Gasteiger partial charge in [0.05, 0.1) is 21.0 Å². The van der Waals surface area contributed by atoms with Crippen LogP contribution in [-0.2, 0) is 4.79 Å². The van der Waals surface area contributed by atoms with Crippen molar-refractivity contribution >= 4 is 49.4 Å². The van der Waals surface area contributed by atoms with Crippen molar-refractivity contribution in [3.05, 3.63) is 42.9 Å². The Kier molecular flexibility index (Phi) is 4.50. The van der Waals surface area contributed by atoms with E-state index in [4.69, 9.17) is 10.7 Å². The summed E-state index contributed by atoms with van der Waals surface area (Å²) in [7, 11) is 0. The number of para-hydroxylation sites is 1. The average molecular weight is 408 g/mol. The molecule has 9 heteroatoms. The smallest absolute Gasteiger partial charge is 0.242 e. The number of fused-ring (bicyclic) bond motifs is 2. The molecule has 4 aromatic rings. The Bertz CT molecular complexity index is 1140. The molecule has 29 heavy (non-hydrogen) atoms. The third-order valence-corrected chi connectivity index (χ3v) is 6.65. The molecule has 4 N–H and O–H groups in total. The van der Waals surface area contributed by atoms with E-state index in [0.717, 1.165) is 28.7 Å². The van der Waals surface area contributed by atoms with E-state index in [9.17, 15) is 4.79 Å². The Morgan fingerprint density at radius 1 is 1.21 bits per heavy atom. The minimum absolute atomic E-state index is 0.0539. The van der Waals surface area contributed by atoms with Gasteiger partial charge < -0.3 is 16.0 Å². The number of hydrogen-bond donors (Lipinski definition) is 3. The first-order chi connectivity index (χ1) is 14.2. The van der Waals surface area contributed by atoms with E-state index in [-0.39, 0.29) is 12.5 Å². The van der Waals surface area contributed by atoms with Crippen molar-refractivity contribution in [2.24, 2.45) is 11.1 Å². The van der Waals surface area contributed by atoms with Crippen molar-refractivity contribution in [2.75, 3.05) is 24.5 Å². The Balaban J connectivity index is 1.70. The lowest BCUT2D eigenvalue weighted by Gasteiger charge is -2.38. The fraction of sp³-hybridized carbons (Fsp3) is 0.300. The van der Waals surface area contributed by atoms with Gasteiger partial charge in [0.2, 0.25) is 5.91 Å². The molecule has 1 aromatic carbocycles. The second kappa shape index (κ2) is 7.18.